The van der Waals surface area contributed by atoms with E-state index >= 15 is 0 Å². The molecule has 0 atom stereocenters. The van der Waals surface area contributed by atoms with Crippen molar-refractivity contribution in [2.75, 3.05) is 23.4 Å². The van der Waals surface area contributed by atoms with Crippen LogP contribution < -0.4 is 10.2 Å². The van der Waals surface area contributed by atoms with Gasteiger partial charge in [0.05, 0.1) is 22.9 Å². The average Bonchev–Trinajstić information content (AvgIpc) is 2.96. The highest BCUT2D eigenvalue weighted by Gasteiger charge is 2.30. The van der Waals surface area contributed by atoms with Gasteiger partial charge in [0.25, 0.3) is 5.91 Å². The Morgan fingerprint density at radius 1 is 1.10 bits per heavy atom. The molecule has 0 saturated carbocycles. The highest BCUT2D eigenvalue weighted by molar-refractivity contribution is 6.34. The molecule has 0 radical (unpaired) electrons. The number of anilines is 2. The lowest BCUT2D eigenvalue weighted by Crippen LogP contribution is -2.35. The predicted molar refractivity (Wildman–Crippen MR) is 112 cm³/mol. The number of nitrogens with zero attached hydrogens (tertiary/aromatic N) is 1. The number of carbonyl (C=O) groups is 3. The summed E-state index contributed by atoms with van der Waals surface area (Å²) in [6, 6.07) is 15.7. The Morgan fingerprint density at radius 3 is 2.59 bits per heavy atom. The van der Waals surface area contributed by atoms with Gasteiger partial charge in [0, 0.05) is 16.6 Å². The van der Waals surface area contributed by atoms with Crippen molar-refractivity contribution in [1.82, 2.24) is 0 Å². The van der Waals surface area contributed by atoms with E-state index in [0.717, 1.165) is 10.8 Å². The van der Waals surface area contributed by atoms with Gasteiger partial charge in [-0.2, -0.15) is 0 Å². The molecule has 29 heavy (non-hydrogen) atoms. The normalized spacial score (nSPS) is 12.3. The van der Waals surface area contributed by atoms with E-state index in [1.54, 1.807) is 19.1 Å². The molecular weight excluding hydrogens is 392 g/mol. The van der Waals surface area contributed by atoms with E-state index in [0.29, 0.717) is 16.9 Å². The number of halogens is 1. The van der Waals surface area contributed by atoms with Gasteiger partial charge in [-0.15, -0.1) is 0 Å². The van der Waals surface area contributed by atoms with E-state index in [9.17, 15) is 14.4 Å². The Labute approximate surface area is 172 Å². The topological polar surface area (TPSA) is 75.7 Å². The molecule has 1 heterocycles. The fraction of sp³-hybridized carbons (Fsp3) is 0.136. The minimum Gasteiger partial charge on any atom is -0.462 e. The molecule has 7 heteroatoms. The summed E-state index contributed by atoms with van der Waals surface area (Å²) in [6.07, 6.45) is 0. The van der Waals surface area contributed by atoms with Crippen molar-refractivity contribution in [3.8, 4) is 0 Å². The fourth-order valence-corrected chi connectivity index (χ4v) is 3.71. The summed E-state index contributed by atoms with van der Waals surface area (Å²) >= 11 is 6.14. The number of hydrogen-bond donors (Lipinski definition) is 1. The highest BCUT2D eigenvalue weighted by Crippen LogP contribution is 2.37. The van der Waals surface area contributed by atoms with Crippen LogP contribution in [0, 0.1) is 0 Å². The summed E-state index contributed by atoms with van der Waals surface area (Å²) < 4.78 is 4.93. The molecule has 0 fully saturated rings. The third kappa shape index (κ3) is 3.43. The van der Waals surface area contributed by atoms with Crippen LogP contribution in [0.3, 0.4) is 0 Å². The minimum absolute atomic E-state index is 0.135. The molecule has 0 aromatic heterocycles. The molecule has 1 aliphatic rings. The molecule has 3 aromatic rings. The zero-order valence-corrected chi connectivity index (χ0v) is 16.3. The molecule has 1 aliphatic heterocycles. The third-order valence-corrected chi connectivity index (χ3v) is 5.01. The number of ether oxygens (including phenoxy) is 1. The Balaban J connectivity index is 1.51. The van der Waals surface area contributed by atoms with Gasteiger partial charge in [-0.25, -0.2) is 4.79 Å². The third-order valence-electron chi connectivity index (χ3n) is 4.70. The molecule has 0 bridgehead atoms. The lowest BCUT2D eigenvalue weighted by molar-refractivity contribution is -0.114. The minimum atomic E-state index is -0.524. The van der Waals surface area contributed by atoms with Crippen molar-refractivity contribution in [2.24, 2.45) is 0 Å². The van der Waals surface area contributed by atoms with Gasteiger partial charge >= 0.3 is 5.97 Å². The monoisotopic (exact) mass is 408 g/mol. The fourth-order valence-electron chi connectivity index (χ4n) is 3.45. The van der Waals surface area contributed by atoms with Crippen LogP contribution in [-0.4, -0.2) is 30.9 Å². The first-order valence-electron chi connectivity index (χ1n) is 9.09. The molecule has 0 spiro atoms. The second-order valence-corrected chi connectivity index (χ2v) is 6.94. The lowest BCUT2D eigenvalue weighted by Gasteiger charge is -2.17. The largest absolute Gasteiger partial charge is 0.462 e. The number of nitrogens with one attached hydrogen (secondary N) is 1. The Bertz CT molecular complexity index is 1150. The van der Waals surface area contributed by atoms with Crippen LogP contribution in [0.1, 0.15) is 27.6 Å². The van der Waals surface area contributed by atoms with Gasteiger partial charge in [-0.3, -0.25) is 14.5 Å². The van der Waals surface area contributed by atoms with Crippen molar-refractivity contribution in [1.29, 1.82) is 0 Å². The van der Waals surface area contributed by atoms with Crippen LogP contribution in [0.4, 0.5) is 11.4 Å². The number of rotatable bonds is 5. The molecule has 3 aromatic carbocycles. The van der Waals surface area contributed by atoms with Crippen LogP contribution in [0.15, 0.2) is 54.6 Å². The van der Waals surface area contributed by atoms with Crippen LogP contribution in [0.25, 0.3) is 10.8 Å². The smallest absolute Gasteiger partial charge is 0.339 e. The van der Waals surface area contributed by atoms with Gasteiger partial charge in [0.2, 0.25) is 5.91 Å². The standard InChI is InChI=1S/C22H17ClN2O4/c1-2-29-22(28)15-10-9-14(11-17(15)23)24-19(26)12-25-18-8-4-6-13-5-3-7-16(20(13)18)21(25)27/h3-11H,2,12H2,1H3,(H,24,26). The van der Waals surface area contributed by atoms with E-state index in [-0.39, 0.29) is 35.6 Å². The number of amides is 2. The molecule has 0 unspecified atom stereocenters. The SMILES string of the molecule is CCOC(=O)c1ccc(NC(=O)CN2C(=O)c3cccc4cccc2c34)cc1Cl. The van der Waals surface area contributed by atoms with E-state index in [4.69, 9.17) is 16.3 Å². The van der Waals surface area contributed by atoms with E-state index < -0.39 is 5.97 Å². The van der Waals surface area contributed by atoms with Gasteiger partial charge in [0.15, 0.2) is 0 Å². The Kier molecular flexibility index (Phi) is 4.94. The van der Waals surface area contributed by atoms with Gasteiger partial charge in [-0.05, 0) is 42.6 Å². The summed E-state index contributed by atoms with van der Waals surface area (Å²) in [5, 5.41) is 4.71. The van der Waals surface area contributed by atoms with Gasteiger partial charge in [-0.1, -0.05) is 35.9 Å². The molecule has 0 saturated heterocycles. The first kappa shape index (κ1) is 19.0. The second kappa shape index (κ2) is 7.56. The maximum absolute atomic E-state index is 12.8. The number of carbonyl (C=O) groups excluding carboxylic acids is 3. The zero-order valence-electron chi connectivity index (χ0n) is 15.6. The number of hydrogen-bond acceptors (Lipinski definition) is 4. The molecule has 146 valence electrons. The zero-order chi connectivity index (χ0) is 20.5. The quantitative estimate of drug-likeness (QED) is 0.640. The van der Waals surface area contributed by atoms with Crippen LogP contribution in [0.5, 0.6) is 0 Å². The first-order chi connectivity index (χ1) is 14.0. The Hall–Kier alpha value is -3.38. The van der Waals surface area contributed by atoms with Crippen molar-refractivity contribution >= 4 is 51.5 Å². The van der Waals surface area contributed by atoms with Crippen molar-refractivity contribution in [3.63, 3.8) is 0 Å². The molecule has 1 N–H and O–H groups in total. The van der Waals surface area contributed by atoms with Crippen molar-refractivity contribution in [2.45, 2.75) is 6.92 Å². The van der Waals surface area contributed by atoms with Crippen LogP contribution in [-0.2, 0) is 9.53 Å². The lowest BCUT2D eigenvalue weighted by atomic mass is 10.1. The van der Waals surface area contributed by atoms with E-state index in [1.807, 2.05) is 30.3 Å². The summed E-state index contributed by atoms with van der Waals surface area (Å²) in [6.45, 7) is 1.81. The number of esters is 1. The summed E-state index contributed by atoms with van der Waals surface area (Å²) in [5.74, 6) is -1.10. The van der Waals surface area contributed by atoms with Crippen LogP contribution in [0.2, 0.25) is 5.02 Å². The summed E-state index contributed by atoms with van der Waals surface area (Å²) in [4.78, 5) is 38.6. The van der Waals surface area contributed by atoms with Crippen LogP contribution >= 0.6 is 11.6 Å². The molecule has 0 aliphatic carbocycles. The Morgan fingerprint density at radius 2 is 1.86 bits per heavy atom. The molecular formula is C22H17ClN2O4. The maximum Gasteiger partial charge on any atom is 0.339 e. The van der Waals surface area contributed by atoms with Crippen molar-refractivity contribution in [3.05, 3.63) is 70.7 Å². The molecule has 2 amide bonds. The maximum atomic E-state index is 12.8. The first-order valence-corrected chi connectivity index (χ1v) is 9.47. The summed E-state index contributed by atoms with van der Waals surface area (Å²) in [7, 11) is 0. The van der Waals surface area contributed by atoms with Gasteiger partial charge in [0.1, 0.15) is 6.54 Å². The highest BCUT2D eigenvalue weighted by atomic mass is 35.5. The van der Waals surface area contributed by atoms with E-state index in [1.165, 1.54) is 17.0 Å². The average molecular weight is 409 g/mol. The molecule has 4 rings (SSSR count). The van der Waals surface area contributed by atoms with Gasteiger partial charge < -0.3 is 10.1 Å². The number of benzene rings is 3. The summed E-state index contributed by atoms with van der Waals surface area (Å²) in [5.41, 5.74) is 1.96. The van der Waals surface area contributed by atoms with Crippen molar-refractivity contribution < 1.29 is 19.1 Å². The van der Waals surface area contributed by atoms with E-state index in [2.05, 4.69) is 5.32 Å². The predicted octanol–water partition coefficient (Wildman–Crippen LogP) is 4.27. The molecule has 6 nitrogen and oxygen atoms in total. The second-order valence-electron chi connectivity index (χ2n) is 6.54.